The maximum atomic E-state index is 12.7. The molecule has 27 heavy (non-hydrogen) atoms. The van der Waals surface area contributed by atoms with E-state index in [1.165, 1.54) is 0 Å². The Bertz CT molecular complexity index is 1010. The van der Waals surface area contributed by atoms with Crippen LogP contribution in [-0.4, -0.2) is 60.0 Å². The van der Waals surface area contributed by atoms with Crippen LogP contribution in [0.4, 0.5) is 0 Å². The maximum Gasteiger partial charge on any atom is 0.340 e. The normalized spacial score (nSPS) is 21.3. The average molecular weight is 390 g/mol. The van der Waals surface area contributed by atoms with Crippen LogP contribution in [0.5, 0.6) is 0 Å². The van der Waals surface area contributed by atoms with Crippen LogP contribution in [0, 0.1) is 0 Å². The summed E-state index contributed by atoms with van der Waals surface area (Å²) in [7, 11) is -1.23. The molecule has 2 aromatic rings. The Labute approximate surface area is 157 Å². The van der Waals surface area contributed by atoms with Crippen molar-refractivity contribution in [3.8, 4) is 0 Å². The van der Waals surface area contributed by atoms with Gasteiger partial charge in [-0.15, -0.1) is 0 Å². The fraction of sp³-hybridized carbons (Fsp3) is 0.474. The van der Waals surface area contributed by atoms with Crippen molar-refractivity contribution in [2.75, 3.05) is 18.1 Å². The van der Waals surface area contributed by atoms with E-state index in [0.29, 0.717) is 12.0 Å². The Morgan fingerprint density at radius 3 is 2.59 bits per heavy atom. The van der Waals surface area contributed by atoms with Crippen molar-refractivity contribution in [2.45, 2.75) is 31.3 Å². The number of hydrogen-bond acceptors (Lipinski definition) is 5. The molecule has 7 nitrogen and oxygen atoms in total. The van der Waals surface area contributed by atoms with E-state index in [9.17, 15) is 18.0 Å². The smallest absolute Gasteiger partial charge is 0.340 e. The molecule has 8 heteroatoms. The number of amides is 1. The lowest BCUT2D eigenvalue weighted by Crippen LogP contribution is -2.44. The molecule has 1 aromatic carbocycles. The molecule has 0 unspecified atom stereocenters. The predicted molar refractivity (Wildman–Crippen MR) is 100 cm³/mol. The van der Waals surface area contributed by atoms with Gasteiger partial charge < -0.3 is 14.2 Å². The SMILES string of the molecule is Cn1cc(C(=O)OCC(=O)N(C2CC2)[C@@H]2CCS(=O)(=O)C2)c2ccccc21. The van der Waals surface area contributed by atoms with E-state index in [1.807, 2.05) is 35.9 Å². The maximum absolute atomic E-state index is 12.7. The van der Waals surface area contributed by atoms with Crippen LogP contribution < -0.4 is 0 Å². The minimum absolute atomic E-state index is 0.00646. The van der Waals surface area contributed by atoms with E-state index in [4.69, 9.17) is 4.74 Å². The topological polar surface area (TPSA) is 85.7 Å². The molecule has 0 spiro atoms. The van der Waals surface area contributed by atoms with Gasteiger partial charge in [-0.2, -0.15) is 0 Å². The highest BCUT2D eigenvalue weighted by Crippen LogP contribution is 2.32. The van der Waals surface area contributed by atoms with Gasteiger partial charge in [0.2, 0.25) is 0 Å². The van der Waals surface area contributed by atoms with Crippen LogP contribution in [0.1, 0.15) is 29.6 Å². The molecule has 1 amide bonds. The summed E-state index contributed by atoms with van der Waals surface area (Å²) in [6, 6.07) is 7.27. The molecule has 4 rings (SSSR count). The van der Waals surface area contributed by atoms with Crippen LogP contribution in [0.15, 0.2) is 30.5 Å². The van der Waals surface area contributed by atoms with Gasteiger partial charge in [-0.05, 0) is 25.3 Å². The van der Waals surface area contributed by atoms with E-state index < -0.39 is 15.8 Å². The molecular formula is C19H22N2O5S. The van der Waals surface area contributed by atoms with Crippen LogP contribution in [-0.2, 0) is 26.4 Å². The number of benzene rings is 1. The lowest BCUT2D eigenvalue weighted by Gasteiger charge is -2.28. The van der Waals surface area contributed by atoms with Gasteiger partial charge in [0.25, 0.3) is 5.91 Å². The molecule has 144 valence electrons. The molecule has 1 aliphatic carbocycles. The second-order valence-corrected chi connectivity index (χ2v) is 9.56. The molecular weight excluding hydrogens is 368 g/mol. The van der Waals surface area contributed by atoms with Crippen molar-refractivity contribution in [2.24, 2.45) is 7.05 Å². The second kappa shape index (κ2) is 6.67. The summed E-state index contributed by atoms with van der Waals surface area (Å²) in [5, 5.41) is 0.776. The first-order valence-corrected chi connectivity index (χ1v) is 10.9. The zero-order chi connectivity index (χ0) is 19.2. The summed E-state index contributed by atoms with van der Waals surface area (Å²) < 4.78 is 30.7. The van der Waals surface area contributed by atoms with Crippen molar-refractivity contribution in [1.82, 2.24) is 9.47 Å². The van der Waals surface area contributed by atoms with Gasteiger partial charge in [-0.25, -0.2) is 13.2 Å². The first kappa shape index (κ1) is 18.0. The first-order chi connectivity index (χ1) is 12.9. The van der Waals surface area contributed by atoms with Gasteiger partial charge in [0.15, 0.2) is 16.4 Å². The molecule has 1 aliphatic heterocycles. The molecule has 1 saturated heterocycles. The first-order valence-electron chi connectivity index (χ1n) is 9.08. The monoisotopic (exact) mass is 390 g/mol. The molecule has 1 saturated carbocycles. The number of carbonyl (C=O) groups is 2. The number of fused-ring (bicyclic) bond motifs is 1. The summed E-state index contributed by atoms with van der Waals surface area (Å²) in [6.45, 7) is -0.366. The van der Waals surface area contributed by atoms with Gasteiger partial charge in [0.05, 0.1) is 17.1 Å². The standard InChI is InChI=1S/C19H22N2O5S/c1-20-10-16(15-4-2-3-5-17(15)20)19(23)26-11-18(22)21(13-6-7-13)14-8-9-27(24,25)12-14/h2-5,10,13-14H,6-9,11-12H2,1H3/t14-/m1/s1. The van der Waals surface area contributed by atoms with Crippen LogP contribution in [0.2, 0.25) is 0 Å². The molecule has 1 atom stereocenters. The highest BCUT2D eigenvalue weighted by atomic mass is 32.2. The van der Waals surface area contributed by atoms with Gasteiger partial charge in [0, 0.05) is 36.2 Å². The fourth-order valence-corrected chi connectivity index (χ4v) is 5.55. The fourth-order valence-electron chi connectivity index (χ4n) is 3.84. The Morgan fingerprint density at radius 1 is 1.19 bits per heavy atom. The number of aryl methyl sites for hydroxylation is 1. The summed E-state index contributed by atoms with van der Waals surface area (Å²) in [6.07, 6.45) is 3.90. The zero-order valence-electron chi connectivity index (χ0n) is 15.1. The van der Waals surface area contributed by atoms with Crippen molar-refractivity contribution < 1.29 is 22.7 Å². The van der Waals surface area contributed by atoms with Crippen molar-refractivity contribution in [3.63, 3.8) is 0 Å². The molecule has 1 aromatic heterocycles. The van der Waals surface area contributed by atoms with Crippen molar-refractivity contribution >= 4 is 32.6 Å². The van der Waals surface area contributed by atoms with Gasteiger partial charge in [0.1, 0.15) is 0 Å². The Morgan fingerprint density at radius 2 is 1.93 bits per heavy atom. The largest absolute Gasteiger partial charge is 0.452 e. The van der Waals surface area contributed by atoms with Gasteiger partial charge in [-0.3, -0.25) is 4.79 Å². The Kier molecular flexibility index (Phi) is 4.46. The number of sulfone groups is 1. The second-order valence-electron chi connectivity index (χ2n) is 7.34. The van der Waals surface area contributed by atoms with E-state index in [0.717, 1.165) is 23.7 Å². The van der Waals surface area contributed by atoms with E-state index in [2.05, 4.69) is 0 Å². The lowest BCUT2D eigenvalue weighted by molar-refractivity contribution is -0.137. The van der Waals surface area contributed by atoms with Crippen LogP contribution in [0.3, 0.4) is 0 Å². The van der Waals surface area contributed by atoms with E-state index >= 15 is 0 Å². The molecule has 2 fully saturated rings. The molecule has 0 radical (unpaired) electrons. The number of hydrogen-bond donors (Lipinski definition) is 0. The number of aromatic nitrogens is 1. The number of ether oxygens (including phenoxy) is 1. The Hall–Kier alpha value is -2.35. The Balaban J connectivity index is 1.45. The summed E-state index contributed by atoms with van der Waals surface area (Å²) in [5.41, 5.74) is 1.33. The third-order valence-corrected chi connectivity index (χ3v) is 7.02. The van der Waals surface area contributed by atoms with Crippen molar-refractivity contribution in [1.29, 1.82) is 0 Å². The number of esters is 1. The number of nitrogens with zero attached hydrogens (tertiary/aromatic N) is 2. The predicted octanol–water partition coefficient (Wildman–Crippen LogP) is 1.51. The summed E-state index contributed by atoms with van der Waals surface area (Å²) in [4.78, 5) is 26.8. The molecule has 0 N–H and O–H groups in total. The lowest BCUT2D eigenvalue weighted by atomic mass is 10.2. The van der Waals surface area contributed by atoms with Crippen LogP contribution >= 0.6 is 0 Å². The minimum atomic E-state index is -3.08. The van der Waals surface area contributed by atoms with Gasteiger partial charge >= 0.3 is 5.97 Å². The molecule has 2 aliphatic rings. The minimum Gasteiger partial charge on any atom is -0.452 e. The highest BCUT2D eigenvalue weighted by Gasteiger charge is 2.42. The van der Waals surface area contributed by atoms with Gasteiger partial charge in [-0.1, -0.05) is 18.2 Å². The van der Waals surface area contributed by atoms with E-state index in [-0.39, 0.29) is 36.1 Å². The quantitative estimate of drug-likeness (QED) is 0.723. The third kappa shape index (κ3) is 3.58. The van der Waals surface area contributed by atoms with Crippen LogP contribution in [0.25, 0.3) is 10.9 Å². The van der Waals surface area contributed by atoms with Crippen molar-refractivity contribution in [3.05, 3.63) is 36.0 Å². The summed E-state index contributed by atoms with van der Waals surface area (Å²) in [5.74, 6) is -0.737. The summed E-state index contributed by atoms with van der Waals surface area (Å²) >= 11 is 0. The number of para-hydroxylation sites is 1. The average Bonchev–Trinajstić information content (AvgIpc) is 3.32. The number of rotatable bonds is 5. The molecule has 0 bridgehead atoms. The zero-order valence-corrected chi connectivity index (χ0v) is 15.9. The van der Waals surface area contributed by atoms with E-state index in [1.54, 1.807) is 11.1 Å². The molecule has 2 heterocycles. The third-order valence-electron chi connectivity index (χ3n) is 5.27. The highest BCUT2D eigenvalue weighted by molar-refractivity contribution is 7.91. The number of carbonyl (C=O) groups excluding carboxylic acids is 2.